The quantitative estimate of drug-likeness (QED) is 0.215. The minimum absolute atomic E-state index is 0.826. The number of fused-ring (bicyclic) bond motifs is 2. The molecule has 0 N–H and O–H groups in total. The van der Waals surface area contributed by atoms with Crippen LogP contribution in [0.2, 0.25) is 0 Å². The molecule has 144 valence electrons. The zero-order chi connectivity index (χ0) is 20.1. The summed E-state index contributed by atoms with van der Waals surface area (Å²) in [7, 11) is 0. The molecule has 0 unspecified atom stereocenters. The van der Waals surface area contributed by atoms with Crippen LogP contribution in [0, 0.1) is 0 Å². The van der Waals surface area contributed by atoms with Crippen molar-refractivity contribution in [1.82, 2.24) is 4.98 Å². The topological polar surface area (TPSA) is 12.9 Å². The highest BCUT2D eigenvalue weighted by Crippen LogP contribution is 2.28. The highest BCUT2D eigenvalue weighted by atomic mass is 79.9. The summed E-state index contributed by atoms with van der Waals surface area (Å²) < 4.78 is 1.25. The van der Waals surface area contributed by atoms with Gasteiger partial charge in [0.25, 0.3) is 0 Å². The van der Waals surface area contributed by atoms with Gasteiger partial charge in [0.15, 0.2) is 0 Å². The molecule has 1 nitrogen and oxygen atoms in total. The second-order valence-corrected chi connectivity index (χ2v) is 8.84. The van der Waals surface area contributed by atoms with Crippen molar-refractivity contribution in [2.75, 3.05) is 0 Å². The van der Waals surface area contributed by atoms with Crippen molar-refractivity contribution in [2.45, 2.75) is 10.7 Å². The maximum atomic E-state index is 4.59. The first-order valence-electron chi connectivity index (χ1n) is 9.31. The van der Waals surface area contributed by atoms with Crippen molar-refractivity contribution in [3.8, 4) is 11.1 Å². The van der Waals surface area contributed by atoms with Gasteiger partial charge in [-0.2, -0.15) is 0 Å². The van der Waals surface area contributed by atoms with Crippen LogP contribution in [0.15, 0.2) is 91.0 Å². The first-order valence-corrected chi connectivity index (χ1v) is 12.4. The van der Waals surface area contributed by atoms with Crippen molar-refractivity contribution in [2.24, 2.45) is 0 Å². The maximum Gasteiger partial charge on any atom is 0.104 e. The summed E-state index contributed by atoms with van der Waals surface area (Å²) in [5.41, 5.74) is 4.88. The minimum atomic E-state index is 0.826. The number of hydrogen-bond donors (Lipinski definition) is 0. The lowest BCUT2D eigenvalue weighted by Gasteiger charge is -2.00. The van der Waals surface area contributed by atoms with E-state index in [0.717, 1.165) is 21.2 Å². The first kappa shape index (κ1) is 20.3. The summed E-state index contributed by atoms with van der Waals surface area (Å²) in [6.45, 7) is 0. The third kappa shape index (κ3) is 4.95. The van der Waals surface area contributed by atoms with Gasteiger partial charge in [-0.1, -0.05) is 111 Å². The highest BCUT2D eigenvalue weighted by molar-refractivity contribution is 9.08. The second-order valence-electron chi connectivity index (χ2n) is 6.60. The van der Waals surface area contributed by atoms with Crippen LogP contribution in [0.25, 0.3) is 32.1 Å². The molecule has 0 fully saturated rings. The van der Waals surface area contributed by atoms with Gasteiger partial charge in [0.1, 0.15) is 5.01 Å². The molecule has 0 aliphatic rings. The van der Waals surface area contributed by atoms with Crippen LogP contribution in [-0.2, 0) is 10.7 Å². The molecular formula is C25H19Br2NS. The molecule has 0 spiro atoms. The summed E-state index contributed by atoms with van der Waals surface area (Å²) >= 11 is 8.63. The number of benzene rings is 4. The molecule has 0 bridgehead atoms. The fraction of sp³-hybridized carbons (Fsp3) is 0.0800. The molecule has 5 rings (SSSR count). The lowest BCUT2D eigenvalue weighted by atomic mass is 10.1. The van der Waals surface area contributed by atoms with Crippen LogP contribution in [-0.4, -0.2) is 4.98 Å². The molecule has 0 saturated heterocycles. The minimum Gasteiger partial charge on any atom is -0.240 e. The van der Waals surface area contributed by atoms with Gasteiger partial charge in [-0.25, -0.2) is 4.98 Å². The molecule has 4 heteroatoms. The molecular weight excluding hydrogens is 506 g/mol. The van der Waals surface area contributed by atoms with E-state index in [9.17, 15) is 0 Å². The Hall–Kier alpha value is -2.01. The molecule has 0 radical (unpaired) electrons. The Kier molecular flexibility index (Phi) is 6.75. The van der Waals surface area contributed by atoms with Crippen molar-refractivity contribution in [3.63, 3.8) is 0 Å². The normalized spacial score (nSPS) is 10.7. The SMILES string of the molecule is BrCc1ccc2ccccc2c1.BrCc1nc2cc(-c3ccccc3)ccc2s1. The number of halogens is 2. The van der Waals surface area contributed by atoms with Crippen molar-refractivity contribution >= 4 is 64.2 Å². The summed E-state index contributed by atoms with van der Waals surface area (Å²) in [6, 6.07) is 31.8. The fourth-order valence-electron chi connectivity index (χ4n) is 3.16. The molecule has 0 aliphatic carbocycles. The van der Waals surface area contributed by atoms with Gasteiger partial charge in [0, 0.05) is 5.33 Å². The highest BCUT2D eigenvalue weighted by Gasteiger charge is 2.04. The number of nitrogens with zero attached hydrogens (tertiary/aromatic N) is 1. The summed E-state index contributed by atoms with van der Waals surface area (Å²) in [4.78, 5) is 4.59. The van der Waals surface area contributed by atoms with Gasteiger partial charge < -0.3 is 0 Å². The average Bonchev–Trinajstić information content (AvgIpc) is 3.22. The van der Waals surface area contributed by atoms with Gasteiger partial charge >= 0.3 is 0 Å². The van der Waals surface area contributed by atoms with Crippen molar-refractivity contribution in [1.29, 1.82) is 0 Å². The van der Waals surface area contributed by atoms with Gasteiger partial charge in [0.2, 0.25) is 0 Å². The Bertz CT molecular complexity index is 1230. The second kappa shape index (κ2) is 9.66. The third-order valence-corrected chi connectivity index (χ3v) is 7.21. The van der Waals surface area contributed by atoms with Gasteiger partial charge in [-0.15, -0.1) is 11.3 Å². The monoisotopic (exact) mass is 523 g/mol. The predicted octanol–water partition coefficient (Wildman–Crippen LogP) is 8.59. The zero-order valence-electron chi connectivity index (χ0n) is 15.7. The number of hydrogen-bond acceptors (Lipinski definition) is 2. The van der Waals surface area contributed by atoms with E-state index < -0.39 is 0 Å². The molecule has 0 amide bonds. The first-order chi connectivity index (χ1) is 14.3. The summed E-state index contributed by atoms with van der Waals surface area (Å²) in [6.07, 6.45) is 0. The smallest absolute Gasteiger partial charge is 0.104 e. The van der Waals surface area contributed by atoms with E-state index in [1.165, 1.54) is 32.2 Å². The lowest BCUT2D eigenvalue weighted by molar-refractivity contribution is 1.32. The lowest BCUT2D eigenvalue weighted by Crippen LogP contribution is -1.77. The van der Waals surface area contributed by atoms with Gasteiger partial charge in [-0.05, 0) is 39.6 Å². The molecule has 0 saturated carbocycles. The Morgan fingerprint density at radius 1 is 0.655 bits per heavy atom. The molecule has 0 aliphatic heterocycles. The van der Waals surface area contributed by atoms with Crippen LogP contribution in [0.1, 0.15) is 10.6 Å². The van der Waals surface area contributed by atoms with E-state index in [-0.39, 0.29) is 0 Å². The summed E-state index contributed by atoms with van der Waals surface area (Å²) in [5.74, 6) is 0. The van der Waals surface area contributed by atoms with E-state index in [2.05, 4.69) is 122 Å². The molecule has 0 atom stereocenters. The van der Waals surface area contributed by atoms with E-state index in [0.29, 0.717) is 0 Å². The van der Waals surface area contributed by atoms with E-state index in [1.54, 1.807) is 11.3 Å². The summed E-state index contributed by atoms with van der Waals surface area (Å²) in [5, 5.41) is 5.51. The van der Waals surface area contributed by atoms with E-state index in [1.807, 2.05) is 6.07 Å². The largest absolute Gasteiger partial charge is 0.240 e. The standard InChI is InChI=1S/C14H10BrNS.C11H9Br/c15-9-14-16-12-8-11(6-7-13(12)17-14)10-4-2-1-3-5-10;12-8-9-5-6-10-3-1-2-4-11(10)7-9/h1-8H,9H2;1-7H,8H2. The fourth-order valence-corrected chi connectivity index (χ4v) is 4.78. The Morgan fingerprint density at radius 2 is 1.41 bits per heavy atom. The van der Waals surface area contributed by atoms with Crippen LogP contribution in [0.5, 0.6) is 0 Å². The van der Waals surface area contributed by atoms with Crippen LogP contribution >= 0.6 is 43.2 Å². The third-order valence-electron chi connectivity index (χ3n) is 4.62. The average molecular weight is 525 g/mol. The Balaban J connectivity index is 0.000000150. The number of thiazole rings is 1. The predicted molar refractivity (Wildman–Crippen MR) is 134 cm³/mol. The van der Waals surface area contributed by atoms with Crippen molar-refractivity contribution in [3.05, 3.63) is 102 Å². The van der Waals surface area contributed by atoms with Crippen LogP contribution in [0.3, 0.4) is 0 Å². The van der Waals surface area contributed by atoms with E-state index >= 15 is 0 Å². The number of aromatic nitrogens is 1. The van der Waals surface area contributed by atoms with Crippen molar-refractivity contribution < 1.29 is 0 Å². The van der Waals surface area contributed by atoms with Gasteiger partial charge in [-0.3, -0.25) is 0 Å². The number of alkyl halides is 2. The molecule has 1 aromatic heterocycles. The van der Waals surface area contributed by atoms with Crippen LogP contribution < -0.4 is 0 Å². The molecule has 5 aromatic rings. The number of rotatable bonds is 3. The Labute approximate surface area is 191 Å². The van der Waals surface area contributed by atoms with E-state index in [4.69, 9.17) is 0 Å². The van der Waals surface area contributed by atoms with Crippen LogP contribution in [0.4, 0.5) is 0 Å². The molecule has 1 heterocycles. The molecule has 29 heavy (non-hydrogen) atoms. The maximum absolute atomic E-state index is 4.59. The molecule has 4 aromatic carbocycles. The zero-order valence-corrected chi connectivity index (χ0v) is 19.7. The van der Waals surface area contributed by atoms with Gasteiger partial charge in [0.05, 0.1) is 15.5 Å². The Morgan fingerprint density at radius 3 is 2.17 bits per heavy atom.